The van der Waals surface area contributed by atoms with E-state index in [1.807, 2.05) is 91.0 Å². The Morgan fingerprint density at radius 2 is 1.33 bits per heavy atom. The molecule has 6 nitrogen and oxygen atoms in total. The number of benzene rings is 3. The lowest BCUT2D eigenvalue weighted by Crippen LogP contribution is -2.61. The normalized spacial score (nSPS) is 21.8. The van der Waals surface area contributed by atoms with E-state index < -0.39 is 30.7 Å². The molecule has 4 aromatic rings. The number of halogens is 2. The van der Waals surface area contributed by atoms with Crippen LogP contribution in [-0.2, 0) is 54.8 Å². The van der Waals surface area contributed by atoms with Crippen molar-refractivity contribution in [3.8, 4) is 0 Å². The second-order valence-electron chi connectivity index (χ2n) is 10.1. The summed E-state index contributed by atoms with van der Waals surface area (Å²) < 4.78 is 39.2. The van der Waals surface area contributed by atoms with Gasteiger partial charge in [-0.1, -0.05) is 112 Å². The number of hydrogen-bond donors (Lipinski definition) is 0. The minimum Gasteiger partial charge on any atom is -0.373 e. The zero-order valence-electron chi connectivity index (χ0n) is 23.9. The first-order valence-corrected chi connectivity index (χ1v) is 15.3. The Morgan fingerprint density at radius 3 is 1.95 bits per heavy atom. The van der Waals surface area contributed by atoms with Crippen LogP contribution in [0.5, 0.6) is 0 Å². The molecule has 1 aliphatic heterocycles. The van der Waals surface area contributed by atoms with Gasteiger partial charge in [-0.25, -0.2) is 0 Å². The molecular weight excluding hydrogens is 632 g/mol. The highest BCUT2D eigenvalue weighted by Gasteiger charge is 2.48. The molecule has 4 aromatic carbocycles. The molecule has 0 radical (unpaired) electrons. The summed E-state index contributed by atoms with van der Waals surface area (Å²) in [6.07, 6.45) is -2.87. The van der Waals surface area contributed by atoms with Gasteiger partial charge in [0.25, 0.3) is 0 Å². The lowest BCUT2D eigenvalue weighted by Gasteiger charge is -2.45. The Bertz CT molecular complexity index is 1370. The average Bonchev–Trinajstić information content (AvgIpc) is 3.04. The third-order valence-electron chi connectivity index (χ3n) is 7.10. The molecule has 0 aliphatic carbocycles. The van der Waals surface area contributed by atoms with Crippen molar-refractivity contribution in [3.05, 3.63) is 141 Å². The molecule has 0 spiro atoms. The molecule has 1 fully saturated rings. The van der Waals surface area contributed by atoms with Crippen molar-refractivity contribution in [1.82, 2.24) is 0 Å². The molecule has 0 amide bonds. The van der Waals surface area contributed by atoms with Crippen molar-refractivity contribution in [1.29, 1.82) is 0 Å². The smallest absolute Gasteiger partial charge is 0.186 e. The Morgan fingerprint density at radius 1 is 0.698 bits per heavy atom. The van der Waals surface area contributed by atoms with E-state index in [2.05, 4.69) is 28.1 Å². The van der Waals surface area contributed by atoms with Gasteiger partial charge in [-0.05, 0) is 41.0 Å². The summed E-state index contributed by atoms with van der Waals surface area (Å²) in [6, 6.07) is 37.5. The van der Waals surface area contributed by atoms with Gasteiger partial charge in [0.05, 0.1) is 38.1 Å². The van der Waals surface area contributed by atoms with Crippen LogP contribution in [0.2, 0.25) is 5.02 Å². The average molecular weight is 666 g/mol. The summed E-state index contributed by atoms with van der Waals surface area (Å²) in [4.78, 5) is 0. The summed E-state index contributed by atoms with van der Waals surface area (Å²) in [5, 5.41) is 0.503. The number of methoxy groups -OCH3 is 1. The fourth-order valence-electron chi connectivity index (χ4n) is 4.87. The zero-order valence-corrected chi connectivity index (χ0v) is 26.2. The summed E-state index contributed by atoms with van der Waals surface area (Å²) in [7, 11) is 1.61. The molecule has 5 atom stereocenters. The van der Waals surface area contributed by atoms with E-state index in [1.165, 1.54) is 0 Å². The van der Waals surface area contributed by atoms with E-state index in [0.717, 1.165) is 26.7 Å². The molecule has 1 aliphatic rings. The van der Waals surface area contributed by atoms with Crippen LogP contribution in [0.3, 0.4) is 0 Å². The Hall–Kier alpha value is -2.77. The lowest BCUT2D eigenvalue weighted by molar-refractivity contribution is -0.323. The summed E-state index contributed by atoms with van der Waals surface area (Å²) in [5.74, 6) is 0. The summed E-state index contributed by atoms with van der Waals surface area (Å²) in [6.45, 7) is 1.61. The monoisotopic (exact) mass is 664 g/mol. The SMILES string of the molecule is CO[C@@H]1OC(COCc2c#cc(Cl)cc2)[C@H](OCc2ccccc2)[C@@H](OCc2ccccc2)C1OCc1ccccc1Br. The van der Waals surface area contributed by atoms with Gasteiger partial charge in [0.15, 0.2) is 6.29 Å². The van der Waals surface area contributed by atoms with Gasteiger partial charge < -0.3 is 28.4 Å². The van der Waals surface area contributed by atoms with Crippen molar-refractivity contribution < 1.29 is 28.4 Å². The van der Waals surface area contributed by atoms with Gasteiger partial charge in [-0.2, -0.15) is 0 Å². The van der Waals surface area contributed by atoms with Gasteiger partial charge in [-0.15, -0.1) is 0 Å². The summed E-state index contributed by atoms with van der Waals surface area (Å²) in [5.41, 5.74) is 3.91. The van der Waals surface area contributed by atoms with Crippen LogP contribution in [0.4, 0.5) is 0 Å². The highest BCUT2D eigenvalue weighted by atomic mass is 79.9. The second kappa shape index (κ2) is 16.3. The third-order valence-corrected chi connectivity index (χ3v) is 8.09. The van der Waals surface area contributed by atoms with E-state index in [-0.39, 0.29) is 6.61 Å². The van der Waals surface area contributed by atoms with Gasteiger partial charge in [0.1, 0.15) is 24.4 Å². The van der Waals surface area contributed by atoms with Crippen molar-refractivity contribution in [2.45, 2.75) is 57.1 Å². The molecule has 2 unspecified atom stereocenters. The molecule has 8 heteroatoms. The molecule has 0 aromatic heterocycles. The van der Waals surface area contributed by atoms with Crippen LogP contribution in [0, 0.1) is 12.1 Å². The largest absolute Gasteiger partial charge is 0.373 e. The Balaban J connectivity index is 1.39. The van der Waals surface area contributed by atoms with Crippen molar-refractivity contribution in [3.63, 3.8) is 0 Å². The predicted molar refractivity (Wildman–Crippen MR) is 167 cm³/mol. The Kier molecular flexibility index (Phi) is 12.0. The fraction of sp³-hybridized carbons (Fsp3) is 0.314. The van der Waals surface area contributed by atoms with Crippen LogP contribution in [0.15, 0.2) is 102 Å². The first-order valence-electron chi connectivity index (χ1n) is 14.1. The first-order chi connectivity index (χ1) is 21.1. The standard InChI is InChI=1S/C35H34BrClO6/c1-38-35-34(42-23-28-14-8-9-15-30(28)36)33(41-22-26-12-6-3-7-13-26)32(40-21-25-10-4-2-5-11-25)31(43-35)24-39-20-27-16-18-29(37)19-17-27/h2-16,18,31-35H,20-24H2,1H3/t31?,32-,33+,34?,35+/m0/s1. The molecule has 224 valence electrons. The molecule has 43 heavy (non-hydrogen) atoms. The van der Waals surface area contributed by atoms with Crippen molar-refractivity contribution >= 4 is 27.5 Å². The van der Waals surface area contributed by atoms with Crippen LogP contribution < -0.4 is 0 Å². The van der Waals surface area contributed by atoms with E-state index in [1.54, 1.807) is 13.2 Å². The number of hydrogen-bond acceptors (Lipinski definition) is 6. The minimum atomic E-state index is -0.719. The van der Waals surface area contributed by atoms with Gasteiger partial charge in [0, 0.05) is 17.1 Å². The van der Waals surface area contributed by atoms with Gasteiger partial charge >= 0.3 is 0 Å². The number of ether oxygens (including phenoxy) is 6. The van der Waals surface area contributed by atoms with Crippen molar-refractivity contribution in [2.75, 3.05) is 13.7 Å². The maximum atomic E-state index is 6.64. The van der Waals surface area contributed by atoms with E-state index in [4.69, 9.17) is 40.0 Å². The second-order valence-corrected chi connectivity index (χ2v) is 11.4. The predicted octanol–water partition coefficient (Wildman–Crippen LogP) is 7.35. The van der Waals surface area contributed by atoms with E-state index in [0.29, 0.717) is 31.5 Å². The molecular formula is C35H34BrClO6. The maximum Gasteiger partial charge on any atom is 0.186 e. The van der Waals surface area contributed by atoms with Gasteiger partial charge in [-0.3, -0.25) is 0 Å². The highest BCUT2D eigenvalue weighted by Crippen LogP contribution is 2.32. The molecule has 5 rings (SSSR count). The third kappa shape index (κ3) is 9.12. The van der Waals surface area contributed by atoms with Crippen molar-refractivity contribution in [2.24, 2.45) is 0 Å². The molecule has 0 N–H and O–H groups in total. The first kappa shape index (κ1) is 31.6. The van der Waals surface area contributed by atoms with E-state index >= 15 is 0 Å². The minimum absolute atomic E-state index is 0.234. The molecule has 0 saturated carbocycles. The topological polar surface area (TPSA) is 55.4 Å². The van der Waals surface area contributed by atoms with E-state index in [9.17, 15) is 0 Å². The summed E-state index contributed by atoms with van der Waals surface area (Å²) >= 11 is 9.60. The maximum absolute atomic E-state index is 6.64. The van der Waals surface area contributed by atoms with Gasteiger partial charge in [0.2, 0.25) is 0 Å². The van der Waals surface area contributed by atoms with Crippen LogP contribution in [0.25, 0.3) is 0 Å². The molecule has 1 saturated heterocycles. The number of rotatable bonds is 14. The van der Waals surface area contributed by atoms with Crippen LogP contribution in [0.1, 0.15) is 22.3 Å². The molecule has 0 bridgehead atoms. The fourth-order valence-corrected chi connectivity index (χ4v) is 5.38. The Labute approximate surface area is 266 Å². The van der Waals surface area contributed by atoms with Crippen LogP contribution in [-0.4, -0.2) is 44.4 Å². The lowest BCUT2D eigenvalue weighted by atomic mass is 9.97. The zero-order chi connectivity index (χ0) is 29.9. The van der Waals surface area contributed by atoms with Crippen LogP contribution >= 0.6 is 27.5 Å². The quantitative estimate of drug-likeness (QED) is 0.141. The highest BCUT2D eigenvalue weighted by molar-refractivity contribution is 9.10. The molecule has 1 heterocycles.